The Bertz CT molecular complexity index is 745. The minimum Gasteiger partial charge on any atom is -0.356 e. The normalized spacial score (nSPS) is 15.3. The lowest BCUT2D eigenvalue weighted by molar-refractivity contribution is 0.370. The fourth-order valence-electron chi connectivity index (χ4n) is 2.95. The third-order valence-corrected chi connectivity index (χ3v) is 4.31. The van der Waals surface area contributed by atoms with Crippen molar-refractivity contribution in [3.8, 4) is 0 Å². The van der Waals surface area contributed by atoms with Crippen LogP contribution in [0.15, 0.2) is 41.7 Å². The summed E-state index contributed by atoms with van der Waals surface area (Å²) in [5, 5.41) is 3.23. The fraction of sp³-hybridized carbons (Fsp3) is 0.389. The van der Waals surface area contributed by atoms with Crippen LogP contribution in [0.1, 0.15) is 5.56 Å². The minimum absolute atomic E-state index is 0.360. The molecule has 2 aromatic rings. The van der Waals surface area contributed by atoms with Gasteiger partial charge >= 0.3 is 0 Å². The molecule has 1 aromatic carbocycles. The summed E-state index contributed by atoms with van der Waals surface area (Å²) in [7, 11) is 1.72. The van der Waals surface area contributed by atoms with Gasteiger partial charge in [0.1, 0.15) is 11.6 Å². The Kier molecular flexibility index (Phi) is 5.93. The largest absolute Gasteiger partial charge is 0.356 e. The van der Waals surface area contributed by atoms with E-state index in [0.29, 0.717) is 18.5 Å². The highest BCUT2D eigenvalue weighted by atomic mass is 19.1. The summed E-state index contributed by atoms with van der Waals surface area (Å²) in [5.74, 6) is 0.678. The number of hydrogen-bond acceptors (Lipinski definition) is 4. The molecule has 0 bridgehead atoms. The number of aromatic nitrogens is 2. The third kappa shape index (κ3) is 4.44. The van der Waals surface area contributed by atoms with Crippen molar-refractivity contribution in [1.82, 2.24) is 20.2 Å². The van der Waals surface area contributed by atoms with Gasteiger partial charge in [-0.15, -0.1) is 0 Å². The van der Waals surface area contributed by atoms with E-state index in [0.717, 1.165) is 50.2 Å². The van der Waals surface area contributed by atoms with Crippen LogP contribution in [0, 0.1) is 11.6 Å². The summed E-state index contributed by atoms with van der Waals surface area (Å²) in [6, 6.07) is 5.32. The number of rotatable bonds is 4. The Morgan fingerprint density at radius 1 is 1.15 bits per heavy atom. The second-order valence-corrected chi connectivity index (χ2v) is 5.98. The van der Waals surface area contributed by atoms with E-state index in [9.17, 15) is 8.78 Å². The molecule has 1 N–H and O–H groups in total. The van der Waals surface area contributed by atoms with Crippen molar-refractivity contribution in [2.45, 2.75) is 6.42 Å². The maximum Gasteiger partial charge on any atom is 0.225 e. The smallest absolute Gasteiger partial charge is 0.225 e. The Balaban J connectivity index is 1.50. The van der Waals surface area contributed by atoms with Crippen molar-refractivity contribution in [1.29, 1.82) is 0 Å². The zero-order valence-corrected chi connectivity index (χ0v) is 14.7. The lowest BCUT2D eigenvalue weighted by atomic mass is 10.1. The highest BCUT2D eigenvalue weighted by Crippen LogP contribution is 2.11. The highest BCUT2D eigenvalue weighted by molar-refractivity contribution is 5.80. The van der Waals surface area contributed by atoms with E-state index in [1.807, 2.05) is 0 Å². The van der Waals surface area contributed by atoms with Gasteiger partial charge in [0, 0.05) is 52.2 Å². The minimum atomic E-state index is -0.426. The molecule has 2 heterocycles. The Morgan fingerprint density at radius 3 is 2.58 bits per heavy atom. The van der Waals surface area contributed by atoms with Gasteiger partial charge in [-0.05, 0) is 36.2 Å². The van der Waals surface area contributed by atoms with E-state index in [1.165, 1.54) is 6.07 Å². The van der Waals surface area contributed by atoms with Crippen LogP contribution in [-0.2, 0) is 6.42 Å². The van der Waals surface area contributed by atoms with E-state index in [4.69, 9.17) is 0 Å². The molecule has 1 aliphatic rings. The molecule has 0 unspecified atom stereocenters. The first kappa shape index (κ1) is 18.0. The maximum atomic E-state index is 13.7. The number of hydrogen-bond donors (Lipinski definition) is 1. The van der Waals surface area contributed by atoms with Crippen LogP contribution in [0.4, 0.5) is 14.7 Å². The molecule has 8 heteroatoms. The monoisotopic (exact) mass is 360 g/mol. The summed E-state index contributed by atoms with van der Waals surface area (Å²) in [5.41, 5.74) is 0.360. The molecular formula is C18H22F2N6. The molecule has 0 atom stereocenters. The number of anilines is 1. The van der Waals surface area contributed by atoms with Crippen LogP contribution in [0.25, 0.3) is 0 Å². The van der Waals surface area contributed by atoms with Crippen molar-refractivity contribution < 1.29 is 8.78 Å². The molecule has 1 fully saturated rings. The summed E-state index contributed by atoms with van der Waals surface area (Å²) >= 11 is 0. The van der Waals surface area contributed by atoms with Gasteiger partial charge in [-0.1, -0.05) is 0 Å². The predicted molar refractivity (Wildman–Crippen MR) is 97.2 cm³/mol. The number of benzene rings is 1. The molecule has 0 spiro atoms. The Labute approximate surface area is 151 Å². The van der Waals surface area contributed by atoms with E-state index in [-0.39, 0.29) is 5.82 Å². The summed E-state index contributed by atoms with van der Waals surface area (Å²) < 4.78 is 26.9. The number of aliphatic imine (C=N–C) groups is 1. The molecule has 1 aliphatic heterocycles. The van der Waals surface area contributed by atoms with E-state index >= 15 is 0 Å². The van der Waals surface area contributed by atoms with Crippen LogP contribution in [0.5, 0.6) is 0 Å². The van der Waals surface area contributed by atoms with Crippen molar-refractivity contribution >= 4 is 11.9 Å². The fourth-order valence-corrected chi connectivity index (χ4v) is 2.95. The standard InChI is InChI=1S/C18H22F2N6/c1-21-17(24-8-5-14-13-15(19)3-4-16(14)20)25-9-11-26(12-10-25)18-22-6-2-7-23-18/h2-4,6-7,13H,5,8-12H2,1H3,(H,21,24). The first-order valence-electron chi connectivity index (χ1n) is 8.59. The van der Waals surface area contributed by atoms with Crippen molar-refractivity contribution in [2.75, 3.05) is 44.7 Å². The Hall–Kier alpha value is -2.77. The van der Waals surface area contributed by atoms with Crippen molar-refractivity contribution in [3.63, 3.8) is 0 Å². The van der Waals surface area contributed by atoms with Gasteiger partial charge in [0.05, 0.1) is 0 Å². The molecule has 0 amide bonds. The first-order chi connectivity index (χ1) is 12.7. The van der Waals surface area contributed by atoms with E-state index < -0.39 is 5.82 Å². The summed E-state index contributed by atoms with van der Waals surface area (Å²) in [4.78, 5) is 17.1. The van der Waals surface area contributed by atoms with Gasteiger partial charge in [0.2, 0.25) is 5.95 Å². The highest BCUT2D eigenvalue weighted by Gasteiger charge is 2.20. The molecule has 3 rings (SSSR count). The molecule has 6 nitrogen and oxygen atoms in total. The maximum absolute atomic E-state index is 13.7. The predicted octanol–water partition coefficient (Wildman–Crippen LogP) is 1.69. The van der Waals surface area contributed by atoms with Gasteiger partial charge in [0.15, 0.2) is 5.96 Å². The second kappa shape index (κ2) is 8.55. The third-order valence-electron chi connectivity index (χ3n) is 4.31. The average molecular weight is 360 g/mol. The molecule has 0 aliphatic carbocycles. The number of nitrogens with zero attached hydrogens (tertiary/aromatic N) is 5. The van der Waals surface area contributed by atoms with Crippen LogP contribution in [0.2, 0.25) is 0 Å². The average Bonchev–Trinajstić information content (AvgIpc) is 2.69. The molecule has 1 aromatic heterocycles. The zero-order chi connectivity index (χ0) is 18.4. The molecule has 0 radical (unpaired) electrons. The van der Waals surface area contributed by atoms with E-state index in [1.54, 1.807) is 25.5 Å². The topological polar surface area (TPSA) is 56.7 Å². The van der Waals surface area contributed by atoms with E-state index in [2.05, 4.69) is 30.1 Å². The number of guanidine groups is 1. The van der Waals surface area contributed by atoms with Crippen molar-refractivity contribution in [2.24, 2.45) is 4.99 Å². The second-order valence-electron chi connectivity index (χ2n) is 5.98. The molecular weight excluding hydrogens is 338 g/mol. The van der Waals surface area contributed by atoms with Crippen LogP contribution < -0.4 is 10.2 Å². The molecule has 138 valence electrons. The molecule has 0 saturated carbocycles. The quantitative estimate of drug-likeness (QED) is 0.664. The number of halogens is 2. The van der Waals surface area contributed by atoms with Crippen LogP contribution >= 0.6 is 0 Å². The SMILES string of the molecule is CN=C(NCCc1cc(F)ccc1F)N1CCN(c2ncccn2)CC1. The summed E-state index contributed by atoms with van der Waals surface area (Å²) in [6.07, 6.45) is 3.86. The van der Waals surface area contributed by atoms with Crippen molar-refractivity contribution in [3.05, 3.63) is 53.9 Å². The van der Waals surface area contributed by atoms with Gasteiger partial charge in [-0.2, -0.15) is 0 Å². The van der Waals surface area contributed by atoms with Crippen LogP contribution in [0.3, 0.4) is 0 Å². The van der Waals surface area contributed by atoms with Gasteiger partial charge in [-0.25, -0.2) is 18.7 Å². The first-order valence-corrected chi connectivity index (χ1v) is 8.59. The number of nitrogens with one attached hydrogen (secondary N) is 1. The van der Waals surface area contributed by atoms with Gasteiger partial charge < -0.3 is 15.1 Å². The lowest BCUT2D eigenvalue weighted by Gasteiger charge is -2.36. The molecule has 26 heavy (non-hydrogen) atoms. The Morgan fingerprint density at radius 2 is 1.88 bits per heavy atom. The number of piperazine rings is 1. The lowest BCUT2D eigenvalue weighted by Crippen LogP contribution is -2.53. The molecule has 1 saturated heterocycles. The zero-order valence-electron chi connectivity index (χ0n) is 14.7. The van der Waals surface area contributed by atoms with Crippen LogP contribution in [-0.4, -0.2) is 60.6 Å². The van der Waals surface area contributed by atoms with Gasteiger partial charge in [0.25, 0.3) is 0 Å². The van der Waals surface area contributed by atoms with Gasteiger partial charge in [-0.3, -0.25) is 4.99 Å². The summed E-state index contributed by atoms with van der Waals surface area (Å²) in [6.45, 7) is 3.64.